The number of aromatic amines is 1. The number of benzene rings is 3. The molecule has 2 saturated heterocycles. The third kappa shape index (κ3) is 9.40. The molecule has 14 heteroatoms. The van der Waals surface area contributed by atoms with Crippen molar-refractivity contribution >= 4 is 57.5 Å². The Balaban J connectivity index is 0.692. The number of amides is 2. The van der Waals surface area contributed by atoms with Crippen LogP contribution in [-0.4, -0.2) is 111 Å². The third-order valence-corrected chi connectivity index (χ3v) is 13.6. The highest BCUT2D eigenvalue weighted by Gasteiger charge is 2.39. The van der Waals surface area contributed by atoms with Gasteiger partial charge in [0.15, 0.2) is 11.6 Å². The highest BCUT2D eigenvalue weighted by atomic mass is 35.5. The number of hydrogen-bond acceptors (Lipinski definition) is 10. The van der Waals surface area contributed by atoms with E-state index >= 15 is 0 Å². The number of likely N-dealkylation sites (tertiary alicyclic amines) is 1. The molecule has 13 nitrogen and oxygen atoms in total. The molecule has 2 aromatic heterocycles. The van der Waals surface area contributed by atoms with Crippen LogP contribution in [0.2, 0.25) is 5.02 Å². The first kappa shape index (κ1) is 42.4. The van der Waals surface area contributed by atoms with Gasteiger partial charge in [0.1, 0.15) is 29.3 Å². The average Bonchev–Trinajstić information content (AvgIpc) is 3.88. The Kier molecular flexibility index (Phi) is 12.7. The van der Waals surface area contributed by atoms with Gasteiger partial charge in [-0.3, -0.25) is 28.9 Å². The van der Waals surface area contributed by atoms with E-state index in [1.54, 1.807) is 29.3 Å². The number of carbonyl (C=O) groups is 5. The highest BCUT2D eigenvalue weighted by Crippen LogP contribution is 2.34. The monoisotopic (exact) mass is 869 g/mol. The van der Waals surface area contributed by atoms with Gasteiger partial charge in [-0.2, -0.15) is 0 Å². The topological polar surface area (TPSA) is 149 Å². The molecule has 0 bridgehead atoms. The molecule has 3 aromatic carbocycles. The second-order valence-corrected chi connectivity index (χ2v) is 17.7. The summed E-state index contributed by atoms with van der Waals surface area (Å²) >= 11 is 6.64. The van der Waals surface area contributed by atoms with Crippen molar-refractivity contribution in [3.8, 4) is 11.5 Å². The molecule has 1 N–H and O–H groups in total. The lowest BCUT2D eigenvalue weighted by atomic mass is 9.90. The lowest BCUT2D eigenvalue weighted by molar-refractivity contribution is -0.134. The predicted octanol–water partition coefficient (Wildman–Crippen LogP) is 7.44. The first-order valence-corrected chi connectivity index (χ1v) is 22.7. The number of halogens is 1. The number of ketones is 3. The fourth-order valence-corrected chi connectivity index (χ4v) is 9.93. The molecule has 1 aliphatic carbocycles. The Labute approximate surface area is 371 Å². The normalized spacial score (nSPS) is 18.7. The second kappa shape index (κ2) is 18.8. The molecule has 1 atom stereocenters. The summed E-state index contributed by atoms with van der Waals surface area (Å²) in [4.78, 5) is 85.2. The van der Waals surface area contributed by atoms with Crippen molar-refractivity contribution < 1.29 is 28.7 Å². The number of unbranched alkanes of at least 4 members (excludes halogenated alkanes) is 2. The molecule has 4 aliphatic rings. The SMILES string of the molecule is O=C1CC[C@H](N2Cc3cc(N4CCN(CCCCCC(=O)N5CCC(Cc6ncnc7[nH]cc(C(=O)c8ccc(Oc9ccccc9)cc8Cl)c67)CC5)CC4)ccc3C2=O)C(=O)C1. The van der Waals surface area contributed by atoms with Crippen LogP contribution in [0.4, 0.5) is 5.69 Å². The number of carbonyl (C=O) groups excluding carboxylic acids is 5. The van der Waals surface area contributed by atoms with E-state index in [2.05, 4.69) is 30.8 Å². The largest absolute Gasteiger partial charge is 0.457 e. The van der Waals surface area contributed by atoms with E-state index in [0.29, 0.717) is 82.4 Å². The van der Waals surface area contributed by atoms with Crippen molar-refractivity contribution in [2.24, 2.45) is 5.92 Å². The number of nitrogens with one attached hydrogen (secondary N) is 1. The van der Waals surface area contributed by atoms with Crippen LogP contribution in [0.15, 0.2) is 79.3 Å². The van der Waals surface area contributed by atoms with Crippen molar-refractivity contribution in [2.45, 2.75) is 76.8 Å². The molecule has 3 aliphatic heterocycles. The van der Waals surface area contributed by atoms with Crippen LogP contribution < -0.4 is 9.64 Å². The van der Waals surface area contributed by atoms with E-state index < -0.39 is 6.04 Å². The Bertz CT molecular complexity index is 2530. The summed E-state index contributed by atoms with van der Waals surface area (Å²) in [7, 11) is 0. The van der Waals surface area contributed by atoms with Gasteiger partial charge in [0.05, 0.1) is 34.1 Å². The lowest BCUT2D eigenvalue weighted by Gasteiger charge is -2.36. The number of para-hydroxylation sites is 1. The highest BCUT2D eigenvalue weighted by molar-refractivity contribution is 6.35. The number of ether oxygens (including phenoxy) is 1. The molecule has 3 fully saturated rings. The van der Waals surface area contributed by atoms with Gasteiger partial charge in [-0.05, 0) is 99.0 Å². The summed E-state index contributed by atoms with van der Waals surface area (Å²) in [6.45, 7) is 6.57. The fourth-order valence-electron chi connectivity index (χ4n) is 9.68. The minimum atomic E-state index is -0.500. The molecule has 63 heavy (non-hydrogen) atoms. The Morgan fingerprint density at radius 2 is 1.63 bits per heavy atom. The van der Waals surface area contributed by atoms with Crippen LogP contribution in [0.5, 0.6) is 11.5 Å². The smallest absolute Gasteiger partial charge is 0.255 e. The summed E-state index contributed by atoms with van der Waals surface area (Å²) in [5, 5.41) is 1.01. The predicted molar refractivity (Wildman–Crippen MR) is 239 cm³/mol. The Morgan fingerprint density at radius 1 is 0.825 bits per heavy atom. The van der Waals surface area contributed by atoms with E-state index in [4.69, 9.17) is 16.3 Å². The number of rotatable bonds is 14. The number of nitrogens with zero attached hydrogens (tertiary/aromatic N) is 6. The number of Topliss-reactive ketones (excluding diaryl/α,β-unsaturated/α-hetero) is 2. The van der Waals surface area contributed by atoms with Gasteiger partial charge in [0.2, 0.25) is 5.91 Å². The fraction of sp³-hybridized carbons (Fsp3) is 0.408. The van der Waals surface area contributed by atoms with Crippen LogP contribution in [0.3, 0.4) is 0 Å². The number of fused-ring (bicyclic) bond motifs is 2. The number of aromatic nitrogens is 3. The van der Waals surface area contributed by atoms with Crippen LogP contribution in [0, 0.1) is 5.92 Å². The van der Waals surface area contributed by atoms with Gasteiger partial charge < -0.3 is 24.4 Å². The first-order valence-electron chi connectivity index (χ1n) is 22.3. The van der Waals surface area contributed by atoms with Crippen molar-refractivity contribution in [3.63, 3.8) is 0 Å². The number of hydrogen-bond donors (Lipinski definition) is 1. The third-order valence-electron chi connectivity index (χ3n) is 13.2. The number of piperazine rings is 1. The number of anilines is 1. The van der Waals surface area contributed by atoms with Gasteiger partial charge in [0, 0.05) is 87.7 Å². The van der Waals surface area contributed by atoms with E-state index in [1.165, 1.54) is 6.33 Å². The Hall–Kier alpha value is -5.92. The van der Waals surface area contributed by atoms with Crippen molar-refractivity contribution in [2.75, 3.05) is 50.7 Å². The molecule has 5 heterocycles. The summed E-state index contributed by atoms with van der Waals surface area (Å²) in [6.07, 6.45) is 9.85. The average molecular weight is 870 g/mol. The molecule has 0 unspecified atom stereocenters. The van der Waals surface area contributed by atoms with E-state index in [1.807, 2.05) is 47.4 Å². The maximum Gasteiger partial charge on any atom is 0.255 e. The summed E-state index contributed by atoms with van der Waals surface area (Å²) in [6, 6.07) is 20.0. The van der Waals surface area contributed by atoms with E-state index in [9.17, 15) is 24.0 Å². The maximum atomic E-state index is 13.9. The van der Waals surface area contributed by atoms with E-state index in [-0.39, 0.29) is 35.6 Å². The number of H-pyrrole nitrogens is 1. The van der Waals surface area contributed by atoms with Gasteiger partial charge >= 0.3 is 0 Å². The zero-order valence-corrected chi connectivity index (χ0v) is 36.2. The minimum absolute atomic E-state index is 0.0367. The summed E-state index contributed by atoms with van der Waals surface area (Å²) in [5.41, 5.74) is 4.99. The molecular weight excluding hydrogens is 818 g/mol. The van der Waals surface area contributed by atoms with E-state index in [0.717, 1.165) is 94.9 Å². The van der Waals surface area contributed by atoms with Gasteiger partial charge in [0.25, 0.3) is 5.91 Å². The van der Waals surface area contributed by atoms with Crippen LogP contribution in [0.25, 0.3) is 11.0 Å². The first-order chi connectivity index (χ1) is 30.7. The second-order valence-electron chi connectivity index (χ2n) is 17.3. The van der Waals surface area contributed by atoms with Gasteiger partial charge in [-0.15, -0.1) is 0 Å². The van der Waals surface area contributed by atoms with Crippen LogP contribution in [-0.2, 0) is 27.3 Å². The molecule has 1 saturated carbocycles. The zero-order chi connectivity index (χ0) is 43.5. The number of piperidine rings is 1. The zero-order valence-electron chi connectivity index (χ0n) is 35.4. The van der Waals surface area contributed by atoms with Gasteiger partial charge in [-0.1, -0.05) is 36.2 Å². The molecule has 2 amide bonds. The molecule has 0 spiro atoms. The van der Waals surface area contributed by atoms with Crippen molar-refractivity contribution in [1.29, 1.82) is 0 Å². The minimum Gasteiger partial charge on any atom is -0.457 e. The quantitative estimate of drug-likeness (QED) is 0.0678. The van der Waals surface area contributed by atoms with Crippen LogP contribution >= 0.6 is 11.6 Å². The molecular formula is C49H52ClN7O6. The van der Waals surface area contributed by atoms with Crippen molar-refractivity contribution in [1.82, 2.24) is 29.7 Å². The molecule has 0 radical (unpaired) electrons. The molecule has 9 rings (SSSR count). The molecule has 5 aromatic rings. The standard InChI is InChI=1S/C49H52ClN7O6/c50-41-28-37(63-36-7-3-1-4-8-36)12-14-39(41)47(61)40-29-51-48-46(40)42(52-31-53-48)25-32-16-19-56(20-17-32)45(60)9-5-2-6-18-54-21-23-55(24-22-54)34-10-13-38-33(26-34)30-57(49(38)62)43-15-11-35(58)27-44(43)59/h1,3-4,7-8,10,12-14,26,28-29,31-32,43H,2,5-6,9,11,15-25,27,30H2,(H,51,52,53)/t43-/m0/s1. The maximum absolute atomic E-state index is 13.9. The summed E-state index contributed by atoms with van der Waals surface area (Å²) in [5.74, 6) is 1.26. The Morgan fingerprint density at radius 3 is 2.41 bits per heavy atom. The van der Waals surface area contributed by atoms with Gasteiger partial charge in [-0.25, -0.2) is 9.97 Å². The van der Waals surface area contributed by atoms with Crippen molar-refractivity contribution in [3.05, 3.63) is 112 Å². The molecule has 326 valence electrons. The lowest BCUT2D eigenvalue weighted by Crippen LogP contribution is -2.46. The summed E-state index contributed by atoms with van der Waals surface area (Å²) < 4.78 is 5.90. The van der Waals surface area contributed by atoms with Crippen LogP contribution in [0.1, 0.15) is 95.3 Å².